The molecule has 2 saturated carbocycles. The second kappa shape index (κ2) is 8.69. The Balaban J connectivity index is 1.54. The van der Waals surface area contributed by atoms with E-state index in [4.69, 9.17) is 5.73 Å². The lowest BCUT2D eigenvalue weighted by molar-refractivity contribution is 0.102. The van der Waals surface area contributed by atoms with E-state index in [1.54, 1.807) is 0 Å². The van der Waals surface area contributed by atoms with E-state index >= 15 is 0 Å². The van der Waals surface area contributed by atoms with E-state index in [1.807, 2.05) is 30.3 Å². The number of para-hydroxylation sites is 1. The fourth-order valence-electron chi connectivity index (χ4n) is 4.04. The summed E-state index contributed by atoms with van der Waals surface area (Å²) in [4.78, 5) is 24.0. The lowest BCUT2D eigenvalue weighted by Crippen LogP contribution is -2.39. The molecule has 0 atom stereocenters. The maximum atomic E-state index is 12.8. The first-order valence-electron chi connectivity index (χ1n) is 10.4. The maximum Gasteiger partial charge on any atom is 0.274 e. The predicted octanol–water partition coefficient (Wildman–Crippen LogP) is 3.74. The first-order chi connectivity index (χ1) is 13.7. The molecule has 148 valence electrons. The molecule has 0 spiro atoms. The molecule has 0 saturated heterocycles. The normalized spacial score (nSPS) is 17.3. The number of hydrogen-bond donors (Lipinski definition) is 2. The minimum atomic E-state index is -0.223. The fraction of sp³-hybridized carbons (Fsp3) is 0.500. The standard InChI is InChI=1S/C22H29N5O/c23-13-17-6-4-5-9-19(17)26-22(28)20-12-21(25-15-24-20)27(14-16-10-11-16)18-7-2-1-3-8-18/h4-6,9,12,15-16,18H,1-3,7-8,10-11,13-14,23H2,(H,26,28). The monoisotopic (exact) mass is 379 g/mol. The maximum absolute atomic E-state index is 12.8. The minimum absolute atomic E-state index is 0.223. The number of aromatic nitrogens is 2. The van der Waals surface area contributed by atoms with Gasteiger partial charge in [-0.05, 0) is 43.2 Å². The molecule has 0 radical (unpaired) electrons. The molecular formula is C22H29N5O. The van der Waals surface area contributed by atoms with Crippen LogP contribution in [0.25, 0.3) is 0 Å². The fourth-order valence-corrected chi connectivity index (χ4v) is 4.04. The second-order valence-corrected chi connectivity index (χ2v) is 7.96. The third kappa shape index (κ3) is 4.50. The van der Waals surface area contributed by atoms with Crippen LogP contribution in [-0.4, -0.2) is 28.5 Å². The molecule has 4 rings (SSSR count). The van der Waals surface area contributed by atoms with Gasteiger partial charge in [-0.25, -0.2) is 9.97 Å². The number of nitrogens with one attached hydrogen (secondary N) is 1. The lowest BCUT2D eigenvalue weighted by atomic mass is 9.94. The van der Waals surface area contributed by atoms with Crippen molar-refractivity contribution in [1.29, 1.82) is 0 Å². The van der Waals surface area contributed by atoms with Gasteiger partial charge >= 0.3 is 0 Å². The molecule has 2 aliphatic carbocycles. The number of carbonyl (C=O) groups is 1. The van der Waals surface area contributed by atoms with E-state index in [9.17, 15) is 4.79 Å². The lowest BCUT2D eigenvalue weighted by Gasteiger charge is -2.35. The van der Waals surface area contributed by atoms with Crippen LogP contribution in [0.1, 0.15) is 61.0 Å². The minimum Gasteiger partial charge on any atom is -0.353 e. The van der Waals surface area contributed by atoms with Gasteiger partial charge in [0.15, 0.2) is 0 Å². The first kappa shape index (κ1) is 18.9. The van der Waals surface area contributed by atoms with Crippen molar-refractivity contribution in [1.82, 2.24) is 9.97 Å². The van der Waals surface area contributed by atoms with Gasteiger partial charge in [0.1, 0.15) is 17.8 Å². The van der Waals surface area contributed by atoms with Crippen LogP contribution in [0.3, 0.4) is 0 Å². The number of anilines is 2. The van der Waals surface area contributed by atoms with Crippen LogP contribution in [0, 0.1) is 5.92 Å². The molecule has 0 unspecified atom stereocenters. The smallest absolute Gasteiger partial charge is 0.274 e. The number of nitrogens with zero attached hydrogens (tertiary/aromatic N) is 3. The summed E-state index contributed by atoms with van der Waals surface area (Å²) in [7, 11) is 0. The average Bonchev–Trinajstić information content (AvgIpc) is 3.57. The van der Waals surface area contributed by atoms with E-state index in [1.165, 1.54) is 51.3 Å². The summed E-state index contributed by atoms with van der Waals surface area (Å²) in [5, 5.41) is 2.95. The number of amides is 1. The Labute approximate surface area is 166 Å². The van der Waals surface area contributed by atoms with Gasteiger partial charge in [0.05, 0.1) is 0 Å². The highest BCUT2D eigenvalue weighted by Crippen LogP contribution is 2.34. The van der Waals surface area contributed by atoms with Crippen molar-refractivity contribution in [2.45, 2.75) is 57.5 Å². The zero-order valence-corrected chi connectivity index (χ0v) is 16.3. The number of benzene rings is 1. The van der Waals surface area contributed by atoms with Crippen LogP contribution in [0.15, 0.2) is 36.7 Å². The summed E-state index contributed by atoms with van der Waals surface area (Å²) >= 11 is 0. The quantitative estimate of drug-likeness (QED) is 0.766. The highest BCUT2D eigenvalue weighted by Gasteiger charge is 2.30. The molecular weight excluding hydrogens is 350 g/mol. The predicted molar refractivity (Wildman–Crippen MR) is 111 cm³/mol. The molecule has 6 nitrogen and oxygen atoms in total. The SMILES string of the molecule is NCc1ccccc1NC(=O)c1cc(N(CC2CC2)C2CCCCC2)ncn1. The van der Waals surface area contributed by atoms with E-state index in [2.05, 4.69) is 20.2 Å². The van der Waals surface area contributed by atoms with Crippen LogP contribution in [0.5, 0.6) is 0 Å². The third-order valence-electron chi connectivity index (χ3n) is 5.83. The van der Waals surface area contributed by atoms with Crippen molar-refractivity contribution < 1.29 is 4.79 Å². The highest BCUT2D eigenvalue weighted by molar-refractivity contribution is 6.03. The number of nitrogens with two attached hydrogens (primary N) is 1. The van der Waals surface area contributed by atoms with Gasteiger partial charge in [-0.15, -0.1) is 0 Å². The van der Waals surface area contributed by atoms with Crippen molar-refractivity contribution in [3.63, 3.8) is 0 Å². The van der Waals surface area contributed by atoms with Crippen molar-refractivity contribution in [2.75, 3.05) is 16.8 Å². The van der Waals surface area contributed by atoms with Crippen LogP contribution < -0.4 is 16.0 Å². The Bertz CT molecular complexity index is 814. The third-order valence-corrected chi connectivity index (χ3v) is 5.83. The average molecular weight is 380 g/mol. The van der Waals surface area contributed by atoms with Crippen LogP contribution in [0.4, 0.5) is 11.5 Å². The summed E-state index contributed by atoms with van der Waals surface area (Å²) in [5.41, 5.74) is 7.82. The molecule has 1 aromatic heterocycles. The van der Waals surface area contributed by atoms with Gasteiger partial charge < -0.3 is 16.0 Å². The van der Waals surface area contributed by atoms with Gasteiger partial charge in [-0.2, -0.15) is 0 Å². The van der Waals surface area contributed by atoms with Crippen LogP contribution >= 0.6 is 0 Å². The molecule has 3 N–H and O–H groups in total. The Morgan fingerprint density at radius 3 is 2.64 bits per heavy atom. The highest BCUT2D eigenvalue weighted by atomic mass is 16.1. The number of carbonyl (C=O) groups excluding carboxylic acids is 1. The van der Waals surface area contributed by atoms with Gasteiger partial charge in [0.25, 0.3) is 5.91 Å². The Hall–Kier alpha value is -2.47. The molecule has 28 heavy (non-hydrogen) atoms. The summed E-state index contributed by atoms with van der Waals surface area (Å²) < 4.78 is 0. The molecule has 1 amide bonds. The molecule has 6 heteroatoms. The zero-order valence-electron chi connectivity index (χ0n) is 16.3. The van der Waals surface area contributed by atoms with E-state index in [0.29, 0.717) is 18.3 Å². The van der Waals surface area contributed by atoms with Gasteiger partial charge in [-0.3, -0.25) is 4.79 Å². The van der Waals surface area contributed by atoms with Crippen LogP contribution in [-0.2, 0) is 6.54 Å². The Kier molecular flexibility index (Phi) is 5.86. The summed E-state index contributed by atoms with van der Waals surface area (Å²) in [6.07, 6.45) is 10.4. The molecule has 2 aromatic rings. The van der Waals surface area contributed by atoms with Crippen molar-refractivity contribution >= 4 is 17.4 Å². The summed E-state index contributed by atoms with van der Waals surface area (Å²) in [6, 6.07) is 9.96. The zero-order chi connectivity index (χ0) is 19.3. The molecule has 1 aromatic carbocycles. The first-order valence-corrected chi connectivity index (χ1v) is 10.4. The summed E-state index contributed by atoms with van der Waals surface area (Å²) in [5.74, 6) is 1.43. The second-order valence-electron chi connectivity index (χ2n) is 7.96. The van der Waals surface area contributed by atoms with Gasteiger partial charge in [0.2, 0.25) is 0 Å². The number of hydrogen-bond acceptors (Lipinski definition) is 5. The number of rotatable bonds is 7. The topological polar surface area (TPSA) is 84.1 Å². The molecule has 2 fully saturated rings. The molecule has 2 aliphatic rings. The van der Waals surface area contributed by atoms with Crippen molar-refractivity contribution in [3.8, 4) is 0 Å². The summed E-state index contributed by atoms with van der Waals surface area (Å²) in [6.45, 7) is 1.42. The van der Waals surface area contributed by atoms with Crippen molar-refractivity contribution in [3.05, 3.63) is 47.9 Å². The molecule has 0 aliphatic heterocycles. The van der Waals surface area contributed by atoms with Gasteiger partial charge in [-0.1, -0.05) is 37.5 Å². The largest absolute Gasteiger partial charge is 0.353 e. The molecule has 1 heterocycles. The van der Waals surface area contributed by atoms with Crippen LogP contribution in [0.2, 0.25) is 0 Å². The molecule has 0 bridgehead atoms. The Morgan fingerprint density at radius 2 is 1.89 bits per heavy atom. The van der Waals surface area contributed by atoms with Gasteiger partial charge in [0, 0.05) is 30.9 Å². The van der Waals surface area contributed by atoms with E-state index < -0.39 is 0 Å². The Morgan fingerprint density at radius 1 is 1.11 bits per heavy atom. The van der Waals surface area contributed by atoms with E-state index in [-0.39, 0.29) is 5.91 Å². The van der Waals surface area contributed by atoms with E-state index in [0.717, 1.165) is 29.5 Å². The van der Waals surface area contributed by atoms with Crippen molar-refractivity contribution in [2.24, 2.45) is 11.7 Å².